The van der Waals surface area contributed by atoms with Gasteiger partial charge in [-0.2, -0.15) is 0 Å². The van der Waals surface area contributed by atoms with Crippen LogP contribution >= 0.6 is 0 Å². The third-order valence-corrected chi connectivity index (χ3v) is 3.10. The van der Waals surface area contributed by atoms with E-state index in [-0.39, 0.29) is 0 Å². The summed E-state index contributed by atoms with van der Waals surface area (Å²) < 4.78 is 0. The summed E-state index contributed by atoms with van der Waals surface area (Å²) >= 11 is 0. The Morgan fingerprint density at radius 1 is 0.944 bits per heavy atom. The third kappa shape index (κ3) is 1.82. The monoisotopic (exact) mass is 234 g/mol. The Morgan fingerprint density at radius 2 is 1.67 bits per heavy atom. The van der Waals surface area contributed by atoms with Gasteiger partial charge < -0.3 is 5.73 Å². The van der Waals surface area contributed by atoms with Gasteiger partial charge in [0.15, 0.2) is 0 Å². The van der Waals surface area contributed by atoms with Crippen LogP contribution < -0.4 is 5.73 Å². The van der Waals surface area contributed by atoms with E-state index in [4.69, 9.17) is 10.7 Å². The van der Waals surface area contributed by atoms with Crippen LogP contribution in [0.25, 0.3) is 22.2 Å². The van der Waals surface area contributed by atoms with Crippen molar-refractivity contribution in [2.45, 2.75) is 6.92 Å². The Bertz CT molecular complexity index is 700. The number of fused-ring (bicyclic) bond motifs is 1. The molecular weight excluding hydrogens is 220 g/mol. The molecule has 0 fully saturated rings. The van der Waals surface area contributed by atoms with Crippen LogP contribution in [0.15, 0.2) is 54.6 Å². The molecule has 18 heavy (non-hydrogen) atoms. The maximum absolute atomic E-state index is 5.71. The van der Waals surface area contributed by atoms with E-state index >= 15 is 0 Å². The first kappa shape index (κ1) is 10.8. The molecule has 0 atom stereocenters. The van der Waals surface area contributed by atoms with Gasteiger partial charge in [0.05, 0.1) is 11.2 Å². The smallest absolute Gasteiger partial charge is 0.0738 e. The SMILES string of the molecule is Cc1cc2ccccc2nc1-c1ccc(N)cc1. The number of nitrogen functional groups attached to an aromatic ring is 1. The Kier molecular flexibility index (Phi) is 2.49. The normalized spacial score (nSPS) is 10.7. The molecule has 1 aromatic heterocycles. The first-order chi connectivity index (χ1) is 8.74. The summed E-state index contributed by atoms with van der Waals surface area (Å²) in [6.07, 6.45) is 0. The first-order valence-electron chi connectivity index (χ1n) is 5.96. The summed E-state index contributed by atoms with van der Waals surface area (Å²) in [6.45, 7) is 2.09. The Morgan fingerprint density at radius 3 is 2.44 bits per heavy atom. The van der Waals surface area contributed by atoms with Gasteiger partial charge in [0, 0.05) is 16.6 Å². The summed E-state index contributed by atoms with van der Waals surface area (Å²) in [6, 6.07) is 18.2. The van der Waals surface area contributed by atoms with E-state index in [0.717, 1.165) is 22.5 Å². The van der Waals surface area contributed by atoms with Crippen molar-refractivity contribution in [3.05, 3.63) is 60.2 Å². The lowest BCUT2D eigenvalue weighted by Crippen LogP contribution is -1.91. The molecule has 0 radical (unpaired) electrons. The fraction of sp³-hybridized carbons (Fsp3) is 0.0625. The van der Waals surface area contributed by atoms with Gasteiger partial charge in [-0.25, -0.2) is 4.98 Å². The number of anilines is 1. The van der Waals surface area contributed by atoms with E-state index in [9.17, 15) is 0 Å². The van der Waals surface area contributed by atoms with Crippen molar-refractivity contribution in [2.75, 3.05) is 5.73 Å². The highest BCUT2D eigenvalue weighted by Crippen LogP contribution is 2.25. The summed E-state index contributed by atoms with van der Waals surface area (Å²) in [4.78, 5) is 4.73. The number of aryl methyl sites for hydroxylation is 1. The second kappa shape index (κ2) is 4.15. The number of rotatable bonds is 1. The van der Waals surface area contributed by atoms with E-state index in [1.54, 1.807) is 0 Å². The molecule has 0 aliphatic heterocycles. The van der Waals surface area contributed by atoms with Crippen molar-refractivity contribution in [1.82, 2.24) is 4.98 Å². The summed E-state index contributed by atoms with van der Waals surface area (Å²) in [5.41, 5.74) is 10.8. The van der Waals surface area contributed by atoms with E-state index in [1.807, 2.05) is 42.5 Å². The van der Waals surface area contributed by atoms with Crippen LogP contribution in [0.5, 0.6) is 0 Å². The topological polar surface area (TPSA) is 38.9 Å². The van der Waals surface area contributed by atoms with E-state index in [2.05, 4.69) is 19.1 Å². The van der Waals surface area contributed by atoms with E-state index in [0.29, 0.717) is 0 Å². The molecule has 0 amide bonds. The lowest BCUT2D eigenvalue weighted by molar-refractivity contribution is 1.33. The number of pyridine rings is 1. The average molecular weight is 234 g/mol. The van der Waals surface area contributed by atoms with Gasteiger partial charge in [0.1, 0.15) is 0 Å². The molecule has 0 bridgehead atoms. The van der Waals surface area contributed by atoms with Gasteiger partial charge >= 0.3 is 0 Å². The average Bonchev–Trinajstić information content (AvgIpc) is 2.39. The minimum absolute atomic E-state index is 0.775. The standard InChI is InChI=1S/C16H14N2/c1-11-10-13-4-2-3-5-15(13)18-16(11)12-6-8-14(17)9-7-12/h2-10H,17H2,1H3. The van der Waals surface area contributed by atoms with Crippen molar-refractivity contribution >= 4 is 16.6 Å². The van der Waals surface area contributed by atoms with Gasteiger partial charge in [0.2, 0.25) is 0 Å². The second-order valence-corrected chi connectivity index (χ2v) is 4.47. The lowest BCUT2D eigenvalue weighted by atomic mass is 10.0. The molecule has 1 heterocycles. The molecule has 0 aliphatic carbocycles. The van der Waals surface area contributed by atoms with Crippen LogP contribution in [0.3, 0.4) is 0 Å². The minimum atomic E-state index is 0.775. The quantitative estimate of drug-likeness (QED) is 0.650. The van der Waals surface area contributed by atoms with Crippen LogP contribution in [0.2, 0.25) is 0 Å². The number of aromatic nitrogens is 1. The largest absolute Gasteiger partial charge is 0.399 e. The fourth-order valence-corrected chi connectivity index (χ4v) is 2.15. The Hall–Kier alpha value is -2.35. The zero-order valence-corrected chi connectivity index (χ0v) is 10.2. The number of benzene rings is 2. The van der Waals surface area contributed by atoms with Crippen LogP contribution in [0, 0.1) is 6.92 Å². The van der Waals surface area contributed by atoms with Crippen molar-refractivity contribution in [3.63, 3.8) is 0 Å². The molecule has 2 heteroatoms. The van der Waals surface area contributed by atoms with Gasteiger partial charge in [-0.15, -0.1) is 0 Å². The number of para-hydroxylation sites is 1. The molecule has 3 aromatic rings. The van der Waals surface area contributed by atoms with E-state index < -0.39 is 0 Å². The first-order valence-corrected chi connectivity index (χ1v) is 5.96. The molecule has 0 unspecified atom stereocenters. The molecule has 0 saturated heterocycles. The van der Waals surface area contributed by atoms with E-state index in [1.165, 1.54) is 10.9 Å². The third-order valence-electron chi connectivity index (χ3n) is 3.10. The van der Waals surface area contributed by atoms with Gasteiger partial charge in [-0.3, -0.25) is 0 Å². The summed E-state index contributed by atoms with van der Waals surface area (Å²) in [5, 5.41) is 1.18. The van der Waals surface area contributed by atoms with Crippen molar-refractivity contribution < 1.29 is 0 Å². The Balaban J connectivity index is 2.22. The van der Waals surface area contributed by atoms with Crippen LogP contribution in [-0.4, -0.2) is 4.98 Å². The number of nitrogens with zero attached hydrogens (tertiary/aromatic N) is 1. The summed E-state index contributed by atoms with van der Waals surface area (Å²) in [7, 11) is 0. The highest BCUT2D eigenvalue weighted by atomic mass is 14.7. The van der Waals surface area contributed by atoms with Gasteiger partial charge in [0.25, 0.3) is 0 Å². The second-order valence-electron chi connectivity index (χ2n) is 4.47. The molecule has 88 valence electrons. The minimum Gasteiger partial charge on any atom is -0.399 e. The zero-order chi connectivity index (χ0) is 12.5. The van der Waals surface area contributed by atoms with Gasteiger partial charge in [-0.05, 0) is 36.8 Å². The lowest BCUT2D eigenvalue weighted by Gasteiger charge is -2.07. The Labute approximate surface area is 106 Å². The van der Waals surface area contributed by atoms with Crippen LogP contribution in [0.1, 0.15) is 5.56 Å². The van der Waals surface area contributed by atoms with Crippen molar-refractivity contribution in [3.8, 4) is 11.3 Å². The van der Waals surface area contributed by atoms with Crippen molar-refractivity contribution in [2.24, 2.45) is 0 Å². The van der Waals surface area contributed by atoms with Crippen LogP contribution in [0.4, 0.5) is 5.69 Å². The fourth-order valence-electron chi connectivity index (χ4n) is 2.15. The molecule has 2 N–H and O–H groups in total. The predicted octanol–water partition coefficient (Wildman–Crippen LogP) is 3.79. The predicted molar refractivity (Wildman–Crippen MR) is 76.3 cm³/mol. The maximum Gasteiger partial charge on any atom is 0.0738 e. The molecule has 2 aromatic carbocycles. The number of nitrogens with two attached hydrogens (primary N) is 1. The number of hydrogen-bond acceptors (Lipinski definition) is 2. The maximum atomic E-state index is 5.71. The molecule has 2 nitrogen and oxygen atoms in total. The molecular formula is C16H14N2. The molecule has 0 saturated carbocycles. The van der Waals surface area contributed by atoms with Gasteiger partial charge in [-0.1, -0.05) is 30.3 Å². The molecule has 0 spiro atoms. The molecule has 0 aliphatic rings. The number of hydrogen-bond donors (Lipinski definition) is 1. The van der Waals surface area contributed by atoms with Crippen LogP contribution in [-0.2, 0) is 0 Å². The summed E-state index contributed by atoms with van der Waals surface area (Å²) in [5.74, 6) is 0. The van der Waals surface area contributed by atoms with Crippen molar-refractivity contribution in [1.29, 1.82) is 0 Å². The molecule has 3 rings (SSSR count). The zero-order valence-electron chi connectivity index (χ0n) is 10.2. The highest BCUT2D eigenvalue weighted by Gasteiger charge is 2.05. The highest BCUT2D eigenvalue weighted by molar-refractivity contribution is 5.83.